The molecule has 1 atom stereocenters. The highest BCUT2D eigenvalue weighted by molar-refractivity contribution is 5.45. The van der Waals surface area contributed by atoms with Gasteiger partial charge in [-0.15, -0.1) is 0 Å². The van der Waals surface area contributed by atoms with Gasteiger partial charge < -0.3 is 11.1 Å². The van der Waals surface area contributed by atoms with E-state index in [9.17, 15) is 4.79 Å². The summed E-state index contributed by atoms with van der Waals surface area (Å²) in [5.74, 6) is 0. The fraction of sp³-hybridized carbons (Fsp3) is 0.875. The SMILES string of the molecule is CC(C)(C)C[C@@H](N)CNC=O. The Bertz CT molecular complexity index is 118. The zero-order chi connectivity index (χ0) is 8.91. The molecule has 3 nitrogen and oxygen atoms in total. The van der Waals surface area contributed by atoms with Crippen LogP contribution in [0, 0.1) is 5.41 Å². The molecule has 0 heterocycles. The highest BCUT2D eigenvalue weighted by Crippen LogP contribution is 2.19. The van der Waals surface area contributed by atoms with Gasteiger partial charge in [0.15, 0.2) is 0 Å². The number of carbonyl (C=O) groups is 1. The van der Waals surface area contributed by atoms with Crippen molar-refractivity contribution in [3.05, 3.63) is 0 Å². The minimum atomic E-state index is 0.0696. The molecule has 0 saturated heterocycles. The Hall–Kier alpha value is -0.570. The third-order valence-electron chi connectivity index (χ3n) is 1.34. The molecule has 0 unspecified atom stereocenters. The lowest BCUT2D eigenvalue weighted by atomic mass is 9.88. The minimum Gasteiger partial charge on any atom is -0.357 e. The largest absolute Gasteiger partial charge is 0.357 e. The first-order valence-corrected chi connectivity index (χ1v) is 3.88. The van der Waals surface area contributed by atoms with Crippen molar-refractivity contribution in [1.82, 2.24) is 5.32 Å². The summed E-state index contributed by atoms with van der Waals surface area (Å²) in [4.78, 5) is 9.91. The molecule has 0 spiro atoms. The summed E-state index contributed by atoms with van der Waals surface area (Å²) < 4.78 is 0. The quantitative estimate of drug-likeness (QED) is 0.585. The molecular weight excluding hydrogens is 140 g/mol. The Morgan fingerprint density at radius 1 is 1.55 bits per heavy atom. The van der Waals surface area contributed by atoms with Gasteiger partial charge in [0.05, 0.1) is 0 Å². The van der Waals surface area contributed by atoms with E-state index in [-0.39, 0.29) is 11.5 Å². The molecule has 0 aromatic carbocycles. The molecule has 0 aliphatic heterocycles. The Balaban J connectivity index is 3.51. The second-order valence-electron chi connectivity index (χ2n) is 4.05. The van der Waals surface area contributed by atoms with Crippen LogP contribution in [0.2, 0.25) is 0 Å². The average molecular weight is 158 g/mol. The second kappa shape index (κ2) is 4.34. The summed E-state index contributed by atoms with van der Waals surface area (Å²) in [6.07, 6.45) is 1.61. The molecule has 11 heavy (non-hydrogen) atoms. The first kappa shape index (κ1) is 10.4. The van der Waals surface area contributed by atoms with Gasteiger partial charge in [0.25, 0.3) is 0 Å². The molecule has 0 rings (SSSR count). The van der Waals surface area contributed by atoms with Crippen LogP contribution in [0.3, 0.4) is 0 Å². The Morgan fingerprint density at radius 3 is 2.45 bits per heavy atom. The van der Waals surface area contributed by atoms with Crippen molar-refractivity contribution in [3.8, 4) is 0 Å². The number of amides is 1. The van der Waals surface area contributed by atoms with Crippen LogP contribution in [0.15, 0.2) is 0 Å². The highest BCUT2D eigenvalue weighted by atomic mass is 16.1. The number of hydrogen-bond acceptors (Lipinski definition) is 2. The highest BCUT2D eigenvalue weighted by Gasteiger charge is 2.14. The summed E-state index contributed by atoms with van der Waals surface area (Å²) in [6, 6.07) is 0.0696. The third kappa shape index (κ3) is 7.33. The first-order valence-electron chi connectivity index (χ1n) is 3.88. The van der Waals surface area contributed by atoms with Crippen LogP contribution in [0.25, 0.3) is 0 Å². The van der Waals surface area contributed by atoms with Crippen molar-refractivity contribution < 1.29 is 4.79 Å². The molecule has 1 amide bonds. The van der Waals surface area contributed by atoms with E-state index in [0.717, 1.165) is 6.42 Å². The number of rotatable bonds is 4. The van der Waals surface area contributed by atoms with E-state index in [0.29, 0.717) is 13.0 Å². The lowest BCUT2D eigenvalue weighted by Gasteiger charge is -2.22. The lowest BCUT2D eigenvalue weighted by Crippen LogP contribution is -2.36. The maximum absolute atomic E-state index is 9.91. The van der Waals surface area contributed by atoms with Crippen molar-refractivity contribution in [2.45, 2.75) is 33.2 Å². The van der Waals surface area contributed by atoms with Crippen LogP contribution in [0.1, 0.15) is 27.2 Å². The fourth-order valence-corrected chi connectivity index (χ4v) is 1.06. The standard InChI is InChI=1S/C8H18N2O/c1-8(2,3)4-7(9)5-10-6-11/h6-7H,4-5,9H2,1-3H3,(H,10,11)/t7-/m1/s1. The first-order chi connectivity index (χ1) is 4.95. The second-order valence-corrected chi connectivity index (χ2v) is 4.05. The summed E-state index contributed by atoms with van der Waals surface area (Å²) >= 11 is 0. The average Bonchev–Trinajstić information content (AvgIpc) is 1.79. The maximum Gasteiger partial charge on any atom is 0.207 e. The smallest absolute Gasteiger partial charge is 0.207 e. The Morgan fingerprint density at radius 2 is 2.09 bits per heavy atom. The van der Waals surface area contributed by atoms with E-state index in [1.807, 2.05) is 0 Å². The third-order valence-corrected chi connectivity index (χ3v) is 1.34. The zero-order valence-electron chi connectivity index (χ0n) is 7.55. The monoisotopic (exact) mass is 158 g/mol. The number of carbonyl (C=O) groups excluding carboxylic acids is 1. The molecule has 0 aromatic heterocycles. The zero-order valence-corrected chi connectivity index (χ0v) is 7.55. The molecule has 0 saturated carbocycles. The van der Waals surface area contributed by atoms with E-state index < -0.39 is 0 Å². The molecule has 66 valence electrons. The molecule has 0 aliphatic rings. The molecular formula is C8H18N2O. The molecule has 0 aromatic rings. The van der Waals surface area contributed by atoms with Crippen LogP contribution in [0.5, 0.6) is 0 Å². The number of hydrogen-bond donors (Lipinski definition) is 2. The summed E-state index contributed by atoms with van der Waals surface area (Å²) in [6.45, 7) is 6.97. The van der Waals surface area contributed by atoms with Gasteiger partial charge >= 0.3 is 0 Å². The van der Waals surface area contributed by atoms with Crippen molar-refractivity contribution >= 4 is 6.41 Å². The molecule has 0 bridgehead atoms. The van der Waals surface area contributed by atoms with E-state index >= 15 is 0 Å². The van der Waals surface area contributed by atoms with Crippen molar-refractivity contribution in [2.24, 2.45) is 11.1 Å². The normalized spacial score (nSPS) is 14.2. The van der Waals surface area contributed by atoms with Gasteiger partial charge in [0.2, 0.25) is 6.41 Å². The van der Waals surface area contributed by atoms with E-state index in [1.54, 1.807) is 0 Å². The van der Waals surface area contributed by atoms with Gasteiger partial charge in [-0.25, -0.2) is 0 Å². The van der Waals surface area contributed by atoms with Gasteiger partial charge in [-0.1, -0.05) is 20.8 Å². The van der Waals surface area contributed by atoms with Crippen LogP contribution in [-0.2, 0) is 4.79 Å². The van der Waals surface area contributed by atoms with E-state index in [4.69, 9.17) is 5.73 Å². The number of nitrogens with one attached hydrogen (secondary N) is 1. The van der Waals surface area contributed by atoms with Gasteiger partial charge in [0.1, 0.15) is 0 Å². The Kier molecular flexibility index (Phi) is 4.11. The van der Waals surface area contributed by atoms with E-state index in [1.165, 1.54) is 0 Å². The summed E-state index contributed by atoms with van der Waals surface area (Å²) in [7, 11) is 0. The molecule has 0 fully saturated rings. The van der Waals surface area contributed by atoms with Crippen LogP contribution in [0.4, 0.5) is 0 Å². The summed E-state index contributed by atoms with van der Waals surface area (Å²) in [5.41, 5.74) is 5.96. The summed E-state index contributed by atoms with van der Waals surface area (Å²) in [5, 5.41) is 2.57. The van der Waals surface area contributed by atoms with Crippen LogP contribution in [-0.4, -0.2) is 19.0 Å². The van der Waals surface area contributed by atoms with Crippen molar-refractivity contribution in [3.63, 3.8) is 0 Å². The fourth-order valence-electron chi connectivity index (χ4n) is 1.06. The van der Waals surface area contributed by atoms with Gasteiger partial charge in [-0.3, -0.25) is 4.79 Å². The van der Waals surface area contributed by atoms with Crippen LogP contribution >= 0.6 is 0 Å². The molecule has 3 N–H and O–H groups in total. The molecule has 0 radical (unpaired) electrons. The van der Waals surface area contributed by atoms with Gasteiger partial charge in [-0.05, 0) is 11.8 Å². The van der Waals surface area contributed by atoms with Gasteiger partial charge in [0, 0.05) is 12.6 Å². The topological polar surface area (TPSA) is 55.1 Å². The van der Waals surface area contributed by atoms with Crippen LogP contribution < -0.4 is 11.1 Å². The Labute approximate surface area is 68.3 Å². The lowest BCUT2D eigenvalue weighted by molar-refractivity contribution is -0.109. The van der Waals surface area contributed by atoms with Gasteiger partial charge in [-0.2, -0.15) is 0 Å². The predicted octanol–water partition coefficient (Wildman–Crippen LogP) is 0.496. The maximum atomic E-state index is 9.91. The minimum absolute atomic E-state index is 0.0696. The van der Waals surface area contributed by atoms with E-state index in [2.05, 4.69) is 26.1 Å². The molecule has 0 aliphatic carbocycles. The van der Waals surface area contributed by atoms with Crippen molar-refractivity contribution in [1.29, 1.82) is 0 Å². The van der Waals surface area contributed by atoms with Crippen molar-refractivity contribution in [2.75, 3.05) is 6.54 Å². The predicted molar refractivity (Wildman–Crippen MR) is 46.1 cm³/mol. The number of nitrogens with two attached hydrogens (primary N) is 1. The molecule has 3 heteroatoms.